The van der Waals surface area contributed by atoms with E-state index < -0.39 is 0 Å². The van der Waals surface area contributed by atoms with Gasteiger partial charge in [-0.2, -0.15) is 0 Å². The molecule has 32 heavy (non-hydrogen) atoms. The maximum atomic E-state index is 13.0. The molecular weight excluding hydrogens is 396 g/mol. The average Bonchev–Trinajstić information content (AvgIpc) is 2.87. The summed E-state index contributed by atoms with van der Waals surface area (Å²) in [5.41, 5.74) is 3.67. The van der Waals surface area contributed by atoms with Gasteiger partial charge in [0.2, 0.25) is 5.91 Å². The molecule has 0 aromatic heterocycles. The summed E-state index contributed by atoms with van der Waals surface area (Å²) in [4.78, 5) is 25.4. The van der Waals surface area contributed by atoms with Crippen LogP contribution in [-0.2, 0) is 11.3 Å². The number of carbonyl (C=O) groups excluding carboxylic acids is 2. The van der Waals surface area contributed by atoms with E-state index in [2.05, 4.69) is 10.6 Å². The van der Waals surface area contributed by atoms with Crippen LogP contribution < -0.4 is 10.6 Å². The summed E-state index contributed by atoms with van der Waals surface area (Å²) in [5.74, 6) is 0.183. The fourth-order valence-corrected chi connectivity index (χ4v) is 4.34. The fraction of sp³-hybridized carbons (Fsp3) is 0.286. The average molecular weight is 427 g/mol. The van der Waals surface area contributed by atoms with Gasteiger partial charge in [-0.15, -0.1) is 0 Å². The zero-order valence-electron chi connectivity index (χ0n) is 18.3. The van der Waals surface area contributed by atoms with Crippen molar-refractivity contribution >= 4 is 11.8 Å². The highest BCUT2D eigenvalue weighted by atomic mass is 16.2. The molecule has 3 aromatic rings. The molecule has 0 atom stereocenters. The first-order valence-corrected chi connectivity index (χ1v) is 11.5. The minimum absolute atomic E-state index is 0.125. The molecule has 0 unspecified atom stereocenters. The Bertz CT molecular complexity index is 971. The van der Waals surface area contributed by atoms with E-state index in [-0.39, 0.29) is 23.8 Å². The van der Waals surface area contributed by atoms with Gasteiger partial charge in [0, 0.05) is 18.0 Å². The third kappa shape index (κ3) is 5.64. The molecule has 2 amide bonds. The first-order valence-electron chi connectivity index (χ1n) is 11.5. The molecule has 0 radical (unpaired) electrons. The van der Waals surface area contributed by atoms with E-state index in [9.17, 15) is 9.59 Å². The van der Waals surface area contributed by atoms with Gasteiger partial charge in [0.05, 0.1) is 6.04 Å². The Hall–Kier alpha value is -3.40. The van der Waals surface area contributed by atoms with E-state index in [4.69, 9.17) is 0 Å². The van der Waals surface area contributed by atoms with E-state index in [1.54, 1.807) is 0 Å². The van der Waals surface area contributed by atoms with Gasteiger partial charge in [-0.1, -0.05) is 92.1 Å². The van der Waals surface area contributed by atoms with Crippen LogP contribution in [0.2, 0.25) is 0 Å². The molecule has 1 fully saturated rings. The van der Waals surface area contributed by atoms with Gasteiger partial charge in [0.15, 0.2) is 0 Å². The van der Waals surface area contributed by atoms with Crippen molar-refractivity contribution in [3.63, 3.8) is 0 Å². The molecule has 0 bridgehead atoms. The van der Waals surface area contributed by atoms with Crippen LogP contribution in [0.1, 0.15) is 65.2 Å². The van der Waals surface area contributed by atoms with Crippen LogP contribution in [0.3, 0.4) is 0 Å². The molecule has 4 rings (SSSR count). The lowest BCUT2D eigenvalue weighted by Crippen LogP contribution is -2.31. The second-order valence-electron chi connectivity index (χ2n) is 8.48. The molecule has 0 aliphatic heterocycles. The smallest absolute Gasteiger partial charge is 0.252 e. The van der Waals surface area contributed by atoms with Gasteiger partial charge in [0.25, 0.3) is 5.91 Å². The highest BCUT2D eigenvalue weighted by Gasteiger charge is 2.21. The minimum Gasteiger partial charge on any atom is -0.352 e. The van der Waals surface area contributed by atoms with Crippen LogP contribution in [0, 0.1) is 5.92 Å². The molecule has 164 valence electrons. The lowest BCUT2D eigenvalue weighted by molar-refractivity contribution is -0.126. The van der Waals surface area contributed by atoms with Crippen LogP contribution in [-0.4, -0.2) is 11.8 Å². The third-order valence-corrected chi connectivity index (χ3v) is 6.20. The predicted molar refractivity (Wildman–Crippen MR) is 127 cm³/mol. The molecular formula is C28H30N2O2. The van der Waals surface area contributed by atoms with Crippen molar-refractivity contribution in [1.82, 2.24) is 10.6 Å². The Morgan fingerprint density at radius 3 is 1.88 bits per heavy atom. The Kier molecular flexibility index (Phi) is 7.34. The first kappa shape index (κ1) is 21.8. The number of hydrogen-bond donors (Lipinski definition) is 2. The first-order chi connectivity index (χ1) is 15.7. The van der Waals surface area contributed by atoms with Crippen molar-refractivity contribution in [2.75, 3.05) is 0 Å². The van der Waals surface area contributed by atoms with E-state index >= 15 is 0 Å². The summed E-state index contributed by atoms with van der Waals surface area (Å²) >= 11 is 0. The number of rotatable bonds is 7. The summed E-state index contributed by atoms with van der Waals surface area (Å²) < 4.78 is 0. The Morgan fingerprint density at radius 2 is 1.31 bits per heavy atom. The molecule has 0 spiro atoms. The van der Waals surface area contributed by atoms with Crippen molar-refractivity contribution in [3.8, 4) is 0 Å². The molecule has 1 aliphatic rings. The van der Waals surface area contributed by atoms with Crippen molar-refractivity contribution in [2.24, 2.45) is 5.92 Å². The van der Waals surface area contributed by atoms with E-state index in [0.717, 1.165) is 42.4 Å². The number of carbonyl (C=O) groups is 2. The van der Waals surface area contributed by atoms with Crippen LogP contribution >= 0.6 is 0 Å². The topological polar surface area (TPSA) is 58.2 Å². The Labute approximate surface area is 190 Å². The van der Waals surface area contributed by atoms with E-state index in [1.165, 1.54) is 6.42 Å². The maximum absolute atomic E-state index is 13.0. The highest BCUT2D eigenvalue weighted by Crippen LogP contribution is 2.24. The monoisotopic (exact) mass is 426 g/mol. The van der Waals surface area contributed by atoms with E-state index in [1.807, 2.05) is 84.9 Å². The summed E-state index contributed by atoms with van der Waals surface area (Å²) in [6.45, 7) is 0.494. The summed E-state index contributed by atoms with van der Waals surface area (Å²) in [5, 5.41) is 6.22. The largest absolute Gasteiger partial charge is 0.352 e. The van der Waals surface area contributed by atoms with Gasteiger partial charge < -0.3 is 10.6 Å². The van der Waals surface area contributed by atoms with Crippen LogP contribution in [0.4, 0.5) is 0 Å². The fourth-order valence-electron chi connectivity index (χ4n) is 4.34. The quantitative estimate of drug-likeness (QED) is 0.531. The van der Waals surface area contributed by atoms with Crippen molar-refractivity contribution in [2.45, 2.75) is 44.7 Å². The molecule has 1 saturated carbocycles. The zero-order chi connectivity index (χ0) is 22.2. The molecule has 0 saturated heterocycles. The van der Waals surface area contributed by atoms with Crippen LogP contribution in [0.5, 0.6) is 0 Å². The minimum atomic E-state index is -0.223. The number of hydrogen-bond acceptors (Lipinski definition) is 2. The lowest BCUT2D eigenvalue weighted by atomic mass is 9.88. The van der Waals surface area contributed by atoms with Crippen molar-refractivity contribution in [1.29, 1.82) is 0 Å². The molecule has 0 heterocycles. The highest BCUT2D eigenvalue weighted by molar-refractivity contribution is 5.94. The zero-order valence-corrected chi connectivity index (χ0v) is 18.3. The maximum Gasteiger partial charge on any atom is 0.252 e. The van der Waals surface area contributed by atoms with Crippen molar-refractivity contribution < 1.29 is 9.59 Å². The summed E-state index contributed by atoms with van der Waals surface area (Å²) in [6.07, 6.45) is 5.52. The van der Waals surface area contributed by atoms with Gasteiger partial charge in [-0.25, -0.2) is 0 Å². The molecule has 3 aromatic carbocycles. The predicted octanol–water partition coefficient (Wildman–Crippen LogP) is 5.40. The molecule has 4 heteroatoms. The van der Waals surface area contributed by atoms with Crippen molar-refractivity contribution in [3.05, 3.63) is 107 Å². The third-order valence-electron chi connectivity index (χ3n) is 6.20. The summed E-state index contributed by atoms with van der Waals surface area (Å²) in [7, 11) is 0. The summed E-state index contributed by atoms with van der Waals surface area (Å²) in [6, 6.07) is 27.2. The number of nitrogens with one attached hydrogen (secondary N) is 2. The Balaban J connectivity index is 1.39. The lowest BCUT2D eigenvalue weighted by Gasteiger charge is -2.21. The normalized spacial score (nSPS) is 14.2. The SMILES string of the molecule is O=C(NC(c1ccccc1)c1ccccc1)c1ccc(CNC(=O)C2CCCCC2)cc1. The number of amides is 2. The number of benzene rings is 3. The van der Waals surface area contributed by atoms with Crippen LogP contribution in [0.15, 0.2) is 84.9 Å². The van der Waals surface area contributed by atoms with E-state index in [0.29, 0.717) is 12.1 Å². The Morgan fingerprint density at radius 1 is 0.750 bits per heavy atom. The standard InChI is InChI=1S/C28H30N2O2/c31-27(24-14-8-3-9-15-24)29-20-21-16-18-25(19-17-21)28(32)30-26(22-10-4-1-5-11-22)23-12-6-2-7-13-23/h1-2,4-7,10-13,16-19,24,26H,3,8-9,14-15,20H2,(H,29,31)(H,30,32). The van der Waals surface area contributed by atoms with Gasteiger partial charge >= 0.3 is 0 Å². The second-order valence-corrected chi connectivity index (χ2v) is 8.48. The van der Waals surface area contributed by atoms with Gasteiger partial charge in [-0.05, 0) is 41.7 Å². The molecule has 4 nitrogen and oxygen atoms in total. The molecule has 2 N–H and O–H groups in total. The van der Waals surface area contributed by atoms with Gasteiger partial charge in [0.1, 0.15) is 0 Å². The van der Waals surface area contributed by atoms with Crippen LogP contribution in [0.25, 0.3) is 0 Å². The van der Waals surface area contributed by atoms with Gasteiger partial charge in [-0.3, -0.25) is 9.59 Å². The second kappa shape index (κ2) is 10.8. The molecule has 1 aliphatic carbocycles.